The number of nitrogens with one attached hydrogen (secondary N) is 1. The Kier molecular flexibility index (Phi) is 5.76. The maximum absolute atomic E-state index is 13.6. The first-order valence-corrected chi connectivity index (χ1v) is 7.77. The Bertz CT molecular complexity index is 601. The molecule has 0 fully saturated rings. The van der Waals surface area contributed by atoms with Crippen molar-refractivity contribution in [2.45, 2.75) is 20.4 Å². The van der Waals surface area contributed by atoms with Gasteiger partial charge in [-0.1, -0.05) is 32.0 Å². The van der Waals surface area contributed by atoms with Gasteiger partial charge in [0.25, 0.3) is 0 Å². The molecule has 0 bridgehead atoms. The number of hydrogen-bond donors (Lipinski definition) is 1. The fraction of sp³-hybridized carbons (Fsp3) is 0.294. The van der Waals surface area contributed by atoms with Gasteiger partial charge in [-0.15, -0.1) is 0 Å². The highest BCUT2D eigenvalue weighted by atomic mass is 79.9. The molecule has 2 aromatic carbocycles. The maximum Gasteiger partial charge on any atom is 0.165 e. The fourth-order valence-corrected chi connectivity index (χ4v) is 2.40. The van der Waals surface area contributed by atoms with E-state index in [4.69, 9.17) is 4.74 Å². The fourth-order valence-electron chi connectivity index (χ4n) is 1.89. The summed E-state index contributed by atoms with van der Waals surface area (Å²) in [6.07, 6.45) is 0. The first kappa shape index (κ1) is 16.0. The third kappa shape index (κ3) is 4.83. The summed E-state index contributed by atoms with van der Waals surface area (Å²) in [6, 6.07) is 12.2. The minimum atomic E-state index is -0.368. The zero-order valence-electron chi connectivity index (χ0n) is 12.2. The molecule has 0 heterocycles. The third-order valence-corrected chi connectivity index (χ3v) is 3.55. The molecule has 0 radical (unpaired) electrons. The Hall–Kier alpha value is -1.39. The van der Waals surface area contributed by atoms with Crippen LogP contribution in [0.2, 0.25) is 0 Å². The summed E-state index contributed by atoms with van der Waals surface area (Å²) in [5.74, 6) is 1.08. The predicted molar refractivity (Wildman–Crippen MR) is 87.2 cm³/mol. The molecule has 2 rings (SSSR count). The molecule has 2 aromatic rings. The van der Waals surface area contributed by atoms with Crippen LogP contribution in [0.15, 0.2) is 46.9 Å². The molecule has 4 heteroatoms. The lowest BCUT2D eigenvalue weighted by atomic mass is 10.2. The van der Waals surface area contributed by atoms with Gasteiger partial charge < -0.3 is 10.1 Å². The van der Waals surface area contributed by atoms with E-state index in [-0.39, 0.29) is 11.6 Å². The summed E-state index contributed by atoms with van der Waals surface area (Å²) >= 11 is 3.47. The highest BCUT2D eigenvalue weighted by molar-refractivity contribution is 9.10. The molecular formula is C17H19BrFNO. The van der Waals surface area contributed by atoms with Gasteiger partial charge in [-0.3, -0.25) is 0 Å². The van der Waals surface area contributed by atoms with Crippen molar-refractivity contribution in [3.05, 3.63) is 58.3 Å². The smallest absolute Gasteiger partial charge is 0.165 e. The summed E-state index contributed by atoms with van der Waals surface area (Å²) in [5.41, 5.74) is 1.16. The number of para-hydroxylation sites is 1. The van der Waals surface area contributed by atoms with E-state index < -0.39 is 0 Å². The summed E-state index contributed by atoms with van der Waals surface area (Å²) < 4.78 is 20.0. The molecule has 0 amide bonds. The largest absolute Gasteiger partial charge is 0.453 e. The number of hydrogen-bond acceptors (Lipinski definition) is 2. The molecular weight excluding hydrogens is 333 g/mol. The van der Waals surface area contributed by atoms with E-state index in [0.717, 1.165) is 23.1 Å². The Morgan fingerprint density at radius 2 is 1.90 bits per heavy atom. The zero-order valence-corrected chi connectivity index (χ0v) is 13.8. The molecule has 0 aliphatic carbocycles. The highest BCUT2D eigenvalue weighted by Crippen LogP contribution is 2.31. The van der Waals surface area contributed by atoms with E-state index in [1.807, 2.05) is 18.2 Å². The van der Waals surface area contributed by atoms with E-state index in [2.05, 4.69) is 35.1 Å². The van der Waals surface area contributed by atoms with Gasteiger partial charge in [0.2, 0.25) is 0 Å². The number of rotatable bonds is 6. The van der Waals surface area contributed by atoms with Crippen LogP contribution in [-0.2, 0) is 6.54 Å². The van der Waals surface area contributed by atoms with E-state index in [1.54, 1.807) is 18.2 Å². The van der Waals surface area contributed by atoms with E-state index in [1.165, 1.54) is 6.07 Å². The van der Waals surface area contributed by atoms with Crippen molar-refractivity contribution in [1.82, 2.24) is 5.32 Å². The molecule has 0 aliphatic heterocycles. The van der Waals surface area contributed by atoms with Crippen molar-refractivity contribution >= 4 is 15.9 Å². The van der Waals surface area contributed by atoms with Gasteiger partial charge in [-0.2, -0.15) is 0 Å². The highest BCUT2D eigenvalue weighted by Gasteiger charge is 2.07. The number of ether oxygens (including phenoxy) is 1. The summed E-state index contributed by atoms with van der Waals surface area (Å²) in [4.78, 5) is 0. The molecule has 0 saturated carbocycles. The van der Waals surface area contributed by atoms with Crippen LogP contribution >= 0.6 is 15.9 Å². The van der Waals surface area contributed by atoms with Crippen LogP contribution < -0.4 is 10.1 Å². The molecule has 1 N–H and O–H groups in total. The topological polar surface area (TPSA) is 21.3 Å². The minimum absolute atomic E-state index is 0.226. The molecule has 0 aromatic heterocycles. The first-order valence-electron chi connectivity index (χ1n) is 6.98. The lowest BCUT2D eigenvalue weighted by molar-refractivity contribution is 0.440. The second-order valence-corrected chi connectivity index (χ2v) is 6.18. The molecule has 0 saturated heterocycles. The second-order valence-electron chi connectivity index (χ2n) is 5.32. The molecule has 0 atom stereocenters. The summed E-state index contributed by atoms with van der Waals surface area (Å²) in [5, 5.41) is 3.38. The SMILES string of the molecule is CC(C)CNCc1ccc(Oc2ccccc2F)c(Br)c1. The van der Waals surface area contributed by atoms with Crippen LogP contribution in [0.3, 0.4) is 0 Å². The molecule has 21 heavy (non-hydrogen) atoms. The summed E-state index contributed by atoms with van der Waals surface area (Å²) in [6.45, 7) is 6.13. The van der Waals surface area contributed by atoms with E-state index in [0.29, 0.717) is 11.7 Å². The second kappa shape index (κ2) is 7.57. The third-order valence-electron chi connectivity index (χ3n) is 2.93. The van der Waals surface area contributed by atoms with Crippen LogP contribution in [0.25, 0.3) is 0 Å². The Morgan fingerprint density at radius 1 is 1.14 bits per heavy atom. The standard InChI is InChI=1S/C17H19BrFNO/c1-12(2)10-20-11-13-7-8-16(14(18)9-13)21-17-6-4-3-5-15(17)19/h3-9,12,20H,10-11H2,1-2H3. The van der Waals surface area contributed by atoms with Crippen molar-refractivity contribution in [3.63, 3.8) is 0 Å². The van der Waals surface area contributed by atoms with Crippen LogP contribution in [0.4, 0.5) is 4.39 Å². The van der Waals surface area contributed by atoms with Gasteiger partial charge in [-0.05, 0) is 58.2 Å². The summed E-state index contributed by atoms with van der Waals surface area (Å²) in [7, 11) is 0. The molecule has 0 unspecified atom stereocenters. The lowest BCUT2D eigenvalue weighted by Crippen LogP contribution is -2.18. The van der Waals surface area contributed by atoms with Gasteiger partial charge >= 0.3 is 0 Å². The van der Waals surface area contributed by atoms with Crippen molar-refractivity contribution in [3.8, 4) is 11.5 Å². The molecule has 112 valence electrons. The van der Waals surface area contributed by atoms with Gasteiger partial charge in [0.1, 0.15) is 5.75 Å². The van der Waals surface area contributed by atoms with Gasteiger partial charge in [0.15, 0.2) is 11.6 Å². The monoisotopic (exact) mass is 351 g/mol. The van der Waals surface area contributed by atoms with E-state index >= 15 is 0 Å². The van der Waals surface area contributed by atoms with Crippen molar-refractivity contribution < 1.29 is 9.13 Å². The van der Waals surface area contributed by atoms with Crippen molar-refractivity contribution in [2.75, 3.05) is 6.54 Å². The normalized spacial score (nSPS) is 10.9. The van der Waals surface area contributed by atoms with Crippen molar-refractivity contribution in [1.29, 1.82) is 0 Å². The maximum atomic E-state index is 13.6. The zero-order chi connectivity index (χ0) is 15.2. The van der Waals surface area contributed by atoms with Crippen molar-refractivity contribution in [2.24, 2.45) is 5.92 Å². The lowest BCUT2D eigenvalue weighted by Gasteiger charge is -2.11. The Morgan fingerprint density at radius 3 is 2.57 bits per heavy atom. The quantitative estimate of drug-likeness (QED) is 0.779. The minimum Gasteiger partial charge on any atom is -0.453 e. The van der Waals surface area contributed by atoms with Gasteiger partial charge in [-0.25, -0.2) is 4.39 Å². The Labute approximate surface area is 133 Å². The van der Waals surface area contributed by atoms with Crippen LogP contribution in [0.5, 0.6) is 11.5 Å². The molecule has 0 aliphatic rings. The molecule has 0 spiro atoms. The van der Waals surface area contributed by atoms with Gasteiger partial charge in [0.05, 0.1) is 4.47 Å². The predicted octanol–water partition coefficient (Wildman–Crippen LogP) is 5.13. The Balaban J connectivity index is 2.04. The van der Waals surface area contributed by atoms with Crippen LogP contribution in [0, 0.1) is 11.7 Å². The molecule has 2 nitrogen and oxygen atoms in total. The first-order chi connectivity index (χ1) is 10.1. The van der Waals surface area contributed by atoms with Crippen LogP contribution in [0.1, 0.15) is 19.4 Å². The van der Waals surface area contributed by atoms with Crippen LogP contribution in [-0.4, -0.2) is 6.54 Å². The number of halogens is 2. The van der Waals surface area contributed by atoms with E-state index in [9.17, 15) is 4.39 Å². The van der Waals surface area contributed by atoms with Gasteiger partial charge in [0, 0.05) is 6.54 Å². The average molecular weight is 352 g/mol. The average Bonchev–Trinajstić information content (AvgIpc) is 2.43. The number of benzene rings is 2.